The van der Waals surface area contributed by atoms with Crippen molar-refractivity contribution in [3.63, 3.8) is 0 Å². The molecule has 0 aliphatic heterocycles. The minimum Gasteiger partial charge on any atom is -0.309 e. The Morgan fingerprint density at radius 3 is 1.42 bits per heavy atom. The normalized spacial score (nSPS) is 11.7. The fourth-order valence-corrected chi connectivity index (χ4v) is 8.91. The van der Waals surface area contributed by atoms with Crippen LogP contribution in [0.2, 0.25) is 0 Å². The minimum atomic E-state index is 0.612. The van der Waals surface area contributed by atoms with Gasteiger partial charge in [-0.2, -0.15) is 0 Å². The molecule has 0 fully saturated rings. The number of hydrogen-bond donors (Lipinski definition) is 0. The number of benzene rings is 8. The third-order valence-corrected chi connectivity index (χ3v) is 11.5. The van der Waals surface area contributed by atoms with Crippen LogP contribution in [0.4, 0.5) is 0 Å². The van der Waals surface area contributed by atoms with Crippen LogP contribution < -0.4 is 0 Å². The summed E-state index contributed by atoms with van der Waals surface area (Å²) in [6.45, 7) is 0. The average Bonchev–Trinajstić information content (AvgIpc) is 3.95. The number of imidazole rings is 1. The molecule has 0 aliphatic carbocycles. The van der Waals surface area contributed by atoms with E-state index in [-0.39, 0.29) is 0 Å². The molecule has 0 atom stereocenters. The van der Waals surface area contributed by atoms with Crippen molar-refractivity contribution in [2.24, 2.45) is 0 Å². The summed E-state index contributed by atoms with van der Waals surface area (Å²) >= 11 is 0. The summed E-state index contributed by atoms with van der Waals surface area (Å²) in [4.78, 5) is 15.5. The largest absolute Gasteiger partial charge is 0.309 e. The molecule has 8 aromatic carbocycles. The van der Waals surface area contributed by atoms with Gasteiger partial charge in [0.25, 0.3) is 0 Å². The van der Waals surface area contributed by atoms with E-state index in [9.17, 15) is 0 Å². The maximum atomic E-state index is 5.25. The SMILES string of the molecule is c1ccc(-c2nc(-c3cccc(-c4c5ccccc5n5c6ccccc6n(-c6ccccc6)c45)c3)nc(-c3cccc(-n4c5ccccc5c5ccccc54)c3)n2)cc1. The Morgan fingerprint density at radius 2 is 0.746 bits per heavy atom. The second kappa shape index (κ2) is 13.3. The molecule has 0 spiro atoms. The van der Waals surface area contributed by atoms with E-state index in [0.717, 1.165) is 72.4 Å². The van der Waals surface area contributed by atoms with E-state index >= 15 is 0 Å². The number of fused-ring (bicyclic) bond motifs is 8. The quantitative estimate of drug-likeness (QED) is 0.170. The predicted molar refractivity (Wildman–Crippen MR) is 241 cm³/mol. The number of rotatable bonds is 6. The van der Waals surface area contributed by atoms with Gasteiger partial charge < -0.3 is 4.57 Å². The summed E-state index contributed by atoms with van der Waals surface area (Å²) in [5.41, 5.74) is 14.0. The van der Waals surface area contributed by atoms with Crippen LogP contribution >= 0.6 is 0 Å². The minimum absolute atomic E-state index is 0.612. The van der Waals surface area contributed by atoms with Crippen molar-refractivity contribution >= 4 is 49.4 Å². The first-order chi connectivity index (χ1) is 29.3. The zero-order chi connectivity index (χ0) is 38.9. The highest BCUT2D eigenvalue weighted by Crippen LogP contribution is 2.42. The highest BCUT2D eigenvalue weighted by atomic mass is 15.1. The number of nitrogens with zero attached hydrogens (tertiary/aromatic N) is 6. The molecule has 0 bridgehead atoms. The fraction of sp³-hybridized carbons (Fsp3) is 0. The molecule has 0 amide bonds. The molecule has 4 heterocycles. The summed E-state index contributed by atoms with van der Waals surface area (Å²) < 4.78 is 7.12. The Balaban J connectivity index is 1.07. The second-order valence-corrected chi connectivity index (χ2v) is 14.9. The first-order valence-electron chi connectivity index (χ1n) is 19.9. The standard InChI is InChI=1S/C53H34N6/c1-3-17-35(18-4-1)50-54-51(56-52(55-50)38-21-16-24-40(34-38)57-44-28-10-7-25-41(44)42-26-8-11-29-45(42)57)37-20-15-19-36(33-37)49-43-27-9-12-30-46(43)59-48-32-14-13-31-47(48)58(53(49)59)39-22-5-2-6-23-39/h1-34H. The van der Waals surface area contributed by atoms with Crippen molar-refractivity contribution in [2.45, 2.75) is 0 Å². The highest BCUT2D eigenvalue weighted by Gasteiger charge is 2.23. The van der Waals surface area contributed by atoms with Crippen LogP contribution in [-0.4, -0.2) is 28.5 Å². The molecule has 0 radical (unpaired) electrons. The third kappa shape index (κ3) is 5.24. The topological polar surface area (TPSA) is 52.9 Å². The lowest BCUT2D eigenvalue weighted by Crippen LogP contribution is -2.01. The number of hydrogen-bond acceptors (Lipinski definition) is 3. The van der Waals surface area contributed by atoms with Crippen molar-refractivity contribution in [2.75, 3.05) is 0 Å². The molecule has 12 rings (SSSR count). The molecular weight excluding hydrogens is 721 g/mol. The summed E-state index contributed by atoms with van der Waals surface area (Å²) in [6.07, 6.45) is 0. The van der Waals surface area contributed by atoms with Gasteiger partial charge in [-0.3, -0.25) is 8.97 Å². The van der Waals surface area contributed by atoms with Crippen LogP contribution in [0.25, 0.3) is 106 Å². The Bertz CT molecular complexity index is 3500. The lowest BCUT2D eigenvalue weighted by Gasteiger charge is -2.12. The predicted octanol–water partition coefficient (Wildman–Crippen LogP) is 13.0. The fourth-order valence-electron chi connectivity index (χ4n) is 8.91. The van der Waals surface area contributed by atoms with E-state index in [1.807, 2.05) is 18.2 Å². The van der Waals surface area contributed by atoms with Crippen LogP contribution in [-0.2, 0) is 0 Å². The van der Waals surface area contributed by atoms with Gasteiger partial charge in [0.1, 0.15) is 5.65 Å². The first kappa shape index (κ1) is 33.1. The Kier molecular flexibility index (Phi) is 7.43. The molecule has 4 aromatic heterocycles. The molecule has 0 unspecified atom stereocenters. The molecule has 0 saturated carbocycles. The molecule has 0 saturated heterocycles. The van der Waals surface area contributed by atoms with Gasteiger partial charge in [-0.1, -0.05) is 146 Å². The van der Waals surface area contributed by atoms with Crippen molar-refractivity contribution in [3.8, 4) is 56.7 Å². The molecule has 59 heavy (non-hydrogen) atoms. The van der Waals surface area contributed by atoms with Gasteiger partial charge in [0, 0.05) is 49.8 Å². The van der Waals surface area contributed by atoms with E-state index in [1.54, 1.807) is 0 Å². The lowest BCUT2D eigenvalue weighted by molar-refractivity contribution is 1.07. The highest BCUT2D eigenvalue weighted by molar-refractivity contribution is 6.10. The van der Waals surface area contributed by atoms with Crippen molar-refractivity contribution in [1.29, 1.82) is 0 Å². The van der Waals surface area contributed by atoms with Gasteiger partial charge in [-0.15, -0.1) is 0 Å². The molecule has 0 aliphatic rings. The van der Waals surface area contributed by atoms with E-state index in [2.05, 4.69) is 202 Å². The molecule has 6 nitrogen and oxygen atoms in total. The maximum Gasteiger partial charge on any atom is 0.164 e. The van der Waals surface area contributed by atoms with Gasteiger partial charge in [-0.05, 0) is 66.2 Å². The van der Waals surface area contributed by atoms with Crippen LogP contribution in [0.5, 0.6) is 0 Å². The Labute approximate surface area is 339 Å². The van der Waals surface area contributed by atoms with Crippen LogP contribution in [0.15, 0.2) is 206 Å². The summed E-state index contributed by atoms with van der Waals surface area (Å²) in [6, 6.07) is 72.5. The summed E-state index contributed by atoms with van der Waals surface area (Å²) in [5, 5.41) is 3.62. The van der Waals surface area contributed by atoms with E-state index in [4.69, 9.17) is 15.0 Å². The van der Waals surface area contributed by atoms with Crippen LogP contribution in [0.1, 0.15) is 0 Å². The maximum absolute atomic E-state index is 5.25. The zero-order valence-electron chi connectivity index (χ0n) is 31.8. The lowest BCUT2D eigenvalue weighted by atomic mass is 10.0. The summed E-state index contributed by atoms with van der Waals surface area (Å²) in [5.74, 6) is 1.85. The third-order valence-electron chi connectivity index (χ3n) is 11.5. The summed E-state index contributed by atoms with van der Waals surface area (Å²) in [7, 11) is 0. The average molecular weight is 755 g/mol. The smallest absolute Gasteiger partial charge is 0.164 e. The van der Waals surface area contributed by atoms with Crippen molar-refractivity contribution in [1.82, 2.24) is 28.5 Å². The monoisotopic (exact) mass is 754 g/mol. The molecule has 276 valence electrons. The first-order valence-corrected chi connectivity index (χ1v) is 19.9. The Morgan fingerprint density at radius 1 is 0.288 bits per heavy atom. The van der Waals surface area contributed by atoms with E-state index < -0.39 is 0 Å². The van der Waals surface area contributed by atoms with Crippen molar-refractivity contribution < 1.29 is 0 Å². The number of aromatic nitrogens is 6. The van der Waals surface area contributed by atoms with E-state index in [0.29, 0.717) is 17.5 Å². The van der Waals surface area contributed by atoms with Gasteiger partial charge in [0.15, 0.2) is 17.5 Å². The molecule has 6 heteroatoms. The second-order valence-electron chi connectivity index (χ2n) is 14.9. The Hall–Kier alpha value is -8.09. The van der Waals surface area contributed by atoms with Crippen LogP contribution in [0.3, 0.4) is 0 Å². The number of para-hydroxylation sites is 6. The van der Waals surface area contributed by atoms with Gasteiger partial charge in [0.05, 0.1) is 27.6 Å². The molecule has 12 aromatic rings. The van der Waals surface area contributed by atoms with E-state index in [1.165, 1.54) is 16.2 Å². The molecular formula is C53H34N6. The van der Waals surface area contributed by atoms with Gasteiger partial charge in [0.2, 0.25) is 0 Å². The van der Waals surface area contributed by atoms with Gasteiger partial charge in [-0.25, -0.2) is 15.0 Å². The van der Waals surface area contributed by atoms with Crippen LogP contribution in [0, 0.1) is 0 Å². The van der Waals surface area contributed by atoms with Gasteiger partial charge >= 0.3 is 0 Å². The van der Waals surface area contributed by atoms with Crippen molar-refractivity contribution in [3.05, 3.63) is 206 Å². The zero-order valence-corrected chi connectivity index (χ0v) is 31.8. The molecule has 0 N–H and O–H groups in total.